The zero-order valence-corrected chi connectivity index (χ0v) is 15.6. The molecule has 3 aromatic rings. The molecular formula is C20H20N2O4S. The van der Waals surface area contributed by atoms with Crippen LogP contribution in [0.1, 0.15) is 27.2 Å². The van der Waals surface area contributed by atoms with Gasteiger partial charge in [0, 0.05) is 12.1 Å². The molecular weight excluding hydrogens is 364 g/mol. The maximum atomic E-state index is 12.6. The summed E-state index contributed by atoms with van der Waals surface area (Å²) < 4.78 is 32.9. The zero-order valence-electron chi connectivity index (χ0n) is 14.8. The van der Waals surface area contributed by atoms with Gasteiger partial charge in [-0.05, 0) is 42.3 Å². The molecule has 1 heterocycles. The number of benzene rings is 2. The highest BCUT2D eigenvalue weighted by Crippen LogP contribution is 2.16. The van der Waals surface area contributed by atoms with Crippen LogP contribution in [0, 0.1) is 6.92 Å². The van der Waals surface area contributed by atoms with Crippen LogP contribution in [-0.2, 0) is 23.1 Å². The van der Waals surface area contributed by atoms with Crippen LogP contribution >= 0.6 is 0 Å². The number of amides is 1. The van der Waals surface area contributed by atoms with Crippen LogP contribution in [0.15, 0.2) is 76.2 Å². The van der Waals surface area contributed by atoms with Crippen LogP contribution in [-0.4, -0.2) is 14.3 Å². The van der Waals surface area contributed by atoms with Crippen molar-refractivity contribution in [2.45, 2.75) is 24.9 Å². The predicted molar refractivity (Wildman–Crippen MR) is 102 cm³/mol. The number of hydrogen-bond donors (Lipinski definition) is 2. The monoisotopic (exact) mass is 384 g/mol. The van der Waals surface area contributed by atoms with Gasteiger partial charge in [-0.2, -0.15) is 0 Å². The Hall–Kier alpha value is -2.90. The molecule has 27 heavy (non-hydrogen) atoms. The summed E-state index contributed by atoms with van der Waals surface area (Å²) in [5.41, 5.74) is 1.85. The number of nitrogens with one attached hydrogen (secondary N) is 2. The van der Waals surface area contributed by atoms with Crippen molar-refractivity contribution in [1.29, 1.82) is 0 Å². The molecule has 0 atom stereocenters. The Morgan fingerprint density at radius 2 is 1.78 bits per heavy atom. The minimum atomic E-state index is -3.74. The molecule has 0 aliphatic carbocycles. The van der Waals surface area contributed by atoms with Crippen molar-refractivity contribution in [3.8, 4) is 0 Å². The Morgan fingerprint density at radius 1 is 1.00 bits per heavy atom. The van der Waals surface area contributed by atoms with Crippen molar-refractivity contribution >= 4 is 15.9 Å². The third kappa shape index (κ3) is 4.84. The van der Waals surface area contributed by atoms with E-state index in [-0.39, 0.29) is 23.9 Å². The first-order chi connectivity index (χ1) is 13.0. The summed E-state index contributed by atoms with van der Waals surface area (Å²) >= 11 is 0. The Morgan fingerprint density at radius 3 is 2.48 bits per heavy atom. The fraction of sp³-hybridized carbons (Fsp3) is 0.150. The van der Waals surface area contributed by atoms with E-state index in [9.17, 15) is 13.2 Å². The summed E-state index contributed by atoms with van der Waals surface area (Å²) in [5.74, 6) is 0.262. The van der Waals surface area contributed by atoms with E-state index in [1.54, 1.807) is 25.1 Å². The smallest absolute Gasteiger partial charge is 0.251 e. The van der Waals surface area contributed by atoms with E-state index in [1.807, 2.05) is 30.3 Å². The lowest BCUT2D eigenvalue weighted by atomic mass is 10.1. The van der Waals surface area contributed by atoms with E-state index in [1.165, 1.54) is 18.4 Å². The fourth-order valence-corrected chi connectivity index (χ4v) is 3.59. The Labute approximate surface area is 158 Å². The van der Waals surface area contributed by atoms with E-state index in [0.29, 0.717) is 16.9 Å². The van der Waals surface area contributed by atoms with Gasteiger partial charge in [0.05, 0.1) is 17.7 Å². The van der Waals surface area contributed by atoms with Crippen LogP contribution in [0.25, 0.3) is 0 Å². The number of rotatable bonds is 7. The average molecular weight is 384 g/mol. The third-order valence-corrected chi connectivity index (χ3v) is 5.48. The van der Waals surface area contributed by atoms with Crippen molar-refractivity contribution in [2.24, 2.45) is 0 Å². The van der Waals surface area contributed by atoms with Gasteiger partial charge >= 0.3 is 0 Å². The minimum Gasteiger partial charge on any atom is -0.467 e. The van der Waals surface area contributed by atoms with Gasteiger partial charge in [-0.25, -0.2) is 13.1 Å². The fourth-order valence-electron chi connectivity index (χ4n) is 2.55. The molecule has 0 spiro atoms. The summed E-state index contributed by atoms with van der Waals surface area (Å²) in [7, 11) is -3.74. The molecule has 3 rings (SSSR count). The number of sulfonamides is 1. The molecule has 6 nitrogen and oxygen atoms in total. The largest absolute Gasteiger partial charge is 0.467 e. The molecule has 1 aromatic heterocycles. The zero-order chi connectivity index (χ0) is 19.3. The maximum absolute atomic E-state index is 12.6. The Balaban J connectivity index is 1.74. The van der Waals surface area contributed by atoms with Crippen molar-refractivity contribution in [2.75, 3.05) is 0 Å². The number of aryl methyl sites for hydroxylation is 1. The number of carbonyl (C=O) groups excluding carboxylic acids is 1. The third-order valence-electron chi connectivity index (χ3n) is 4.08. The Kier molecular flexibility index (Phi) is 5.73. The molecule has 0 aliphatic rings. The van der Waals surface area contributed by atoms with E-state index >= 15 is 0 Å². The van der Waals surface area contributed by atoms with E-state index in [2.05, 4.69) is 10.0 Å². The average Bonchev–Trinajstić information content (AvgIpc) is 3.19. The molecule has 0 saturated carbocycles. The predicted octanol–water partition coefficient (Wildman–Crippen LogP) is 3.00. The second-order valence-electron chi connectivity index (χ2n) is 6.05. The molecule has 0 bridgehead atoms. The van der Waals surface area contributed by atoms with Crippen LogP contribution in [0.3, 0.4) is 0 Å². The van der Waals surface area contributed by atoms with Crippen molar-refractivity contribution in [3.05, 3.63) is 89.4 Å². The summed E-state index contributed by atoms with van der Waals surface area (Å²) in [4.78, 5) is 12.5. The highest BCUT2D eigenvalue weighted by atomic mass is 32.2. The first kappa shape index (κ1) is 18.9. The van der Waals surface area contributed by atoms with E-state index in [4.69, 9.17) is 4.42 Å². The highest BCUT2D eigenvalue weighted by molar-refractivity contribution is 7.89. The molecule has 140 valence electrons. The minimum absolute atomic E-state index is 0.0483. The molecule has 2 N–H and O–H groups in total. The van der Waals surface area contributed by atoms with Gasteiger partial charge in [0.1, 0.15) is 5.76 Å². The molecule has 0 fully saturated rings. The second-order valence-corrected chi connectivity index (χ2v) is 7.82. The normalized spacial score (nSPS) is 11.3. The van der Waals surface area contributed by atoms with Gasteiger partial charge in [0.15, 0.2) is 0 Å². The molecule has 0 unspecified atom stereocenters. The molecule has 0 radical (unpaired) electrons. The van der Waals surface area contributed by atoms with Gasteiger partial charge in [0.25, 0.3) is 5.91 Å². The summed E-state index contributed by atoms with van der Waals surface area (Å²) in [6.07, 6.45) is 1.53. The highest BCUT2D eigenvalue weighted by Gasteiger charge is 2.18. The first-order valence-corrected chi connectivity index (χ1v) is 9.89. The van der Waals surface area contributed by atoms with Crippen LogP contribution in [0.5, 0.6) is 0 Å². The van der Waals surface area contributed by atoms with E-state index < -0.39 is 10.0 Å². The quantitative estimate of drug-likeness (QED) is 0.655. The van der Waals surface area contributed by atoms with Gasteiger partial charge in [-0.3, -0.25) is 4.79 Å². The lowest BCUT2D eigenvalue weighted by Crippen LogP contribution is -2.26. The van der Waals surface area contributed by atoms with Crippen molar-refractivity contribution < 1.29 is 17.6 Å². The summed E-state index contributed by atoms with van der Waals surface area (Å²) in [6.45, 7) is 2.17. The maximum Gasteiger partial charge on any atom is 0.251 e. The first-order valence-electron chi connectivity index (χ1n) is 8.40. The molecule has 2 aromatic carbocycles. The topological polar surface area (TPSA) is 88.4 Å². The number of furan rings is 1. The number of hydrogen-bond acceptors (Lipinski definition) is 4. The number of carbonyl (C=O) groups is 1. The van der Waals surface area contributed by atoms with Gasteiger partial charge < -0.3 is 9.73 Å². The molecule has 0 saturated heterocycles. The summed E-state index contributed by atoms with van der Waals surface area (Å²) in [6, 6.07) is 17.2. The van der Waals surface area contributed by atoms with Crippen molar-refractivity contribution in [1.82, 2.24) is 10.0 Å². The second kappa shape index (κ2) is 8.20. The van der Waals surface area contributed by atoms with Crippen LogP contribution in [0.2, 0.25) is 0 Å². The van der Waals surface area contributed by atoms with Gasteiger partial charge in [-0.15, -0.1) is 0 Å². The SMILES string of the molecule is Cc1ccc(S(=O)(=O)NCc2ccccc2)cc1C(=O)NCc1ccco1. The molecule has 7 heteroatoms. The molecule has 0 aliphatic heterocycles. The molecule has 1 amide bonds. The lowest BCUT2D eigenvalue weighted by molar-refractivity contribution is 0.0947. The lowest BCUT2D eigenvalue weighted by Gasteiger charge is -2.11. The van der Waals surface area contributed by atoms with Crippen molar-refractivity contribution in [3.63, 3.8) is 0 Å². The summed E-state index contributed by atoms with van der Waals surface area (Å²) in [5, 5.41) is 2.73. The van der Waals surface area contributed by atoms with Gasteiger partial charge in [0.2, 0.25) is 10.0 Å². The Bertz CT molecular complexity index is 1010. The van der Waals surface area contributed by atoms with E-state index in [0.717, 1.165) is 5.56 Å². The van der Waals surface area contributed by atoms with Crippen LogP contribution < -0.4 is 10.0 Å². The van der Waals surface area contributed by atoms with Crippen LogP contribution in [0.4, 0.5) is 0 Å². The standard InChI is InChI=1S/C20H20N2O4S/c1-15-9-10-18(27(24,25)22-13-16-6-3-2-4-7-16)12-19(15)20(23)21-14-17-8-5-11-26-17/h2-12,22H,13-14H2,1H3,(H,21,23). The van der Waals surface area contributed by atoms with Gasteiger partial charge in [-0.1, -0.05) is 36.4 Å².